The van der Waals surface area contributed by atoms with E-state index in [9.17, 15) is 18.0 Å². The molecule has 0 saturated carbocycles. The van der Waals surface area contributed by atoms with Crippen LogP contribution in [0.1, 0.15) is 45.7 Å². The van der Waals surface area contributed by atoms with E-state index < -0.39 is 17.5 Å². The van der Waals surface area contributed by atoms with Crippen molar-refractivity contribution in [3.63, 3.8) is 0 Å². The van der Waals surface area contributed by atoms with Gasteiger partial charge in [-0.05, 0) is 46.1 Å². The fourth-order valence-corrected chi connectivity index (χ4v) is 3.64. The van der Waals surface area contributed by atoms with E-state index in [0.29, 0.717) is 0 Å². The fourth-order valence-electron chi connectivity index (χ4n) is 3.64. The first kappa shape index (κ1) is 18.7. The van der Waals surface area contributed by atoms with Gasteiger partial charge in [0.1, 0.15) is 5.60 Å². The fraction of sp³-hybridized carbons (Fsp3) is 0.706. The van der Waals surface area contributed by atoms with Crippen LogP contribution in [-0.4, -0.2) is 45.3 Å². The summed E-state index contributed by atoms with van der Waals surface area (Å²) in [5.74, 6) is 0.0272. The van der Waals surface area contributed by atoms with Crippen LogP contribution in [0.2, 0.25) is 0 Å². The molecule has 2 aliphatic heterocycles. The van der Waals surface area contributed by atoms with Crippen molar-refractivity contribution in [1.29, 1.82) is 0 Å². The zero-order chi connectivity index (χ0) is 19.1. The van der Waals surface area contributed by atoms with Crippen LogP contribution >= 0.6 is 0 Å². The van der Waals surface area contributed by atoms with Crippen molar-refractivity contribution in [3.8, 4) is 6.01 Å². The average Bonchev–Trinajstić information content (AvgIpc) is 3.08. The third-order valence-corrected chi connectivity index (χ3v) is 4.62. The lowest BCUT2D eigenvalue weighted by Gasteiger charge is -2.28. The molecule has 1 aromatic heterocycles. The van der Waals surface area contributed by atoms with Gasteiger partial charge in [-0.25, -0.2) is 9.78 Å². The van der Waals surface area contributed by atoms with Crippen molar-refractivity contribution in [2.45, 2.75) is 63.9 Å². The van der Waals surface area contributed by atoms with E-state index in [4.69, 9.17) is 9.47 Å². The van der Waals surface area contributed by atoms with E-state index in [0.717, 1.165) is 31.5 Å². The number of fused-ring (bicyclic) bond motifs is 2. The number of carbonyl (C=O) groups is 1. The summed E-state index contributed by atoms with van der Waals surface area (Å²) in [7, 11) is 0. The molecule has 2 fully saturated rings. The number of ether oxygens (including phenoxy) is 2. The number of amides is 1. The van der Waals surface area contributed by atoms with Gasteiger partial charge in [0.25, 0.3) is 0 Å². The molecule has 0 aromatic carbocycles. The molecule has 26 heavy (non-hydrogen) atoms. The quantitative estimate of drug-likeness (QED) is 0.809. The first-order valence-electron chi connectivity index (χ1n) is 8.59. The zero-order valence-corrected chi connectivity index (χ0v) is 14.9. The molecule has 144 valence electrons. The Morgan fingerprint density at radius 2 is 2.04 bits per heavy atom. The lowest BCUT2D eigenvalue weighted by atomic mass is 9.90. The second kappa shape index (κ2) is 6.59. The normalized spacial score (nSPS) is 25.5. The van der Waals surface area contributed by atoms with Gasteiger partial charge in [-0.1, -0.05) is 0 Å². The Hall–Kier alpha value is -2.06. The number of alkyl halides is 3. The minimum Gasteiger partial charge on any atom is -0.463 e. The van der Waals surface area contributed by atoms with Gasteiger partial charge in [0.2, 0.25) is 0 Å². The molecule has 3 atom stereocenters. The van der Waals surface area contributed by atoms with Crippen LogP contribution in [0.15, 0.2) is 12.3 Å². The second-order valence-corrected chi connectivity index (χ2v) is 7.72. The Kier molecular flexibility index (Phi) is 4.74. The Bertz CT molecular complexity index is 675. The third kappa shape index (κ3) is 4.02. The minimum atomic E-state index is -4.54. The molecule has 2 aliphatic rings. The number of hydrogen-bond donors (Lipinski definition) is 0. The Morgan fingerprint density at radius 1 is 1.31 bits per heavy atom. The lowest BCUT2D eigenvalue weighted by Crippen LogP contribution is -2.41. The van der Waals surface area contributed by atoms with Crippen LogP contribution in [0, 0.1) is 5.92 Å². The summed E-state index contributed by atoms with van der Waals surface area (Å²) in [4.78, 5) is 21.3. The summed E-state index contributed by atoms with van der Waals surface area (Å²) in [6, 6.07) is 0.562. The van der Waals surface area contributed by atoms with E-state index in [-0.39, 0.29) is 36.7 Å². The number of aromatic nitrogens is 2. The molecular weight excluding hydrogens is 351 g/mol. The van der Waals surface area contributed by atoms with Crippen molar-refractivity contribution in [2.24, 2.45) is 5.92 Å². The summed E-state index contributed by atoms with van der Waals surface area (Å²) < 4.78 is 49.0. The SMILES string of the molecule is CC(C)(C)OC(=O)N1C2CCC1C(COc1nccc(C(F)(F)F)n1)C2. The van der Waals surface area contributed by atoms with E-state index >= 15 is 0 Å². The number of rotatable bonds is 3. The molecule has 6 nitrogen and oxygen atoms in total. The van der Waals surface area contributed by atoms with Crippen molar-refractivity contribution >= 4 is 6.09 Å². The average molecular weight is 373 g/mol. The Labute approximate surface area is 149 Å². The van der Waals surface area contributed by atoms with E-state index in [1.165, 1.54) is 0 Å². The third-order valence-electron chi connectivity index (χ3n) is 4.62. The molecule has 1 aromatic rings. The van der Waals surface area contributed by atoms with Crippen LogP contribution < -0.4 is 4.74 Å². The smallest absolute Gasteiger partial charge is 0.433 e. The maximum absolute atomic E-state index is 12.7. The van der Waals surface area contributed by atoms with E-state index in [1.807, 2.05) is 20.8 Å². The topological polar surface area (TPSA) is 64.5 Å². The van der Waals surface area contributed by atoms with Crippen molar-refractivity contribution in [1.82, 2.24) is 14.9 Å². The molecule has 1 amide bonds. The summed E-state index contributed by atoms with van der Waals surface area (Å²) in [6.45, 7) is 5.61. The van der Waals surface area contributed by atoms with Gasteiger partial charge < -0.3 is 14.4 Å². The van der Waals surface area contributed by atoms with Crippen LogP contribution in [0.25, 0.3) is 0 Å². The van der Waals surface area contributed by atoms with Crippen LogP contribution in [0.3, 0.4) is 0 Å². The molecule has 2 saturated heterocycles. The summed E-state index contributed by atoms with van der Waals surface area (Å²) in [6.07, 6.45) is -1.38. The predicted molar refractivity (Wildman–Crippen MR) is 85.5 cm³/mol. The molecule has 9 heteroatoms. The molecule has 3 heterocycles. The van der Waals surface area contributed by atoms with Crippen LogP contribution in [0.4, 0.5) is 18.0 Å². The summed E-state index contributed by atoms with van der Waals surface area (Å²) in [5, 5.41) is 0. The minimum absolute atomic E-state index is 0.0272. The molecule has 0 radical (unpaired) electrons. The Morgan fingerprint density at radius 3 is 2.69 bits per heavy atom. The first-order valence-corrected chi connectivity index (χ1v) is 8.59. The van der Waals surface area contributed by atoms with Gasteiger partial charge in [-0.15, -0.1) is 0 Å². The Balaban J connectivity index is 1.62. The maximum Gasteiger partial charge on any atom is 0.433 e. The second-order valence-electron chi connectivity index (χ2n) is 7.72. The summed E-state index contributed by atoms with van der Waals surface area (Å²) >= 11 is 0. The molecule has 0 aliphatic carbocycles. The van der Waals surface area contributed by atoms with Crippen LogP contribution in [-0.2, 0) is 10.9 Å². The van der Waals surface area contributed by atoms with Crippen LogP contribution in [0.5, 0.6) is 6.01 Å². The molecule has 3 rings (SSSR count). The summed E-state index contributed by atoms with van der Waals surface area (Å²) in [5.41, 5.74) is -1.61. The van der Waals surface area contributed by atoms with Gasteiger partial charge in [-0.3, -0.25) is 0 Å². The van der Waals surface area contributed by atoms with E-state index in [1.54, 1.807) is 4.90 Å². The van der Waals surface area contributed by atoms with Crippen molar-refractivity contribution in [3.05, 3.63) is 18.0 Å². The van der Waals surface area contributed by atoms with Gasteiger partial charge in [0, 0.05) is 24.2 Å². The number of hydrogen-bond acceptors (Lipinski definition) is 5. The van der Waals surface area contributed by atoms with Gasteiger partial charge in [0.05, 0.1) is 6.61 Å². The highest BCUT2D eigenvalue weighted by Gasteiger charge is 2.50. The lowest BCUT2D eigenvalue weighted by molar-refractivity contribution is -0.141. The molecular formula is C17H22F3N3O3. The number of halogens is 3. The van der Waals surface area contributed by atoms with Gasteiger partial charge in [0.15, 0.2) is 5.69 Å². The highest BCUT2D eigenvalue weighted by atomic mass is 19.4. The van der Waals surface area contributed by atoms with Crippen molar-refractivity contribution in [2.75, 3.05) is 6.61 Å². The molecule has 0 spiro atoms. The van der Waals surface area contributed by atoms with Crippen molar-refractivity contribution < 1.29 is 27.4 Å². The predicted octanol–water partition coefficient (Wildman–Crippen LogP) is 3.66. The highest BCUT2D eigenvalue weighted by Crippen LogP contribution is 2.42. The largest absolute Gasteiger partial charge is 0.463 e. The molecule has 3 unspecified atom stereocenters. The maximum atomic E-state index is 12.7. The number of carbonyl (C=O) groups excluding carboxylic acids is 1. The van der Waals surface area contributed by atoms with Gasteiger partial charge >= 0.3 is 18.3 Å². The number of nitrogens with zero attached hydrogens (tertiary/aromatic N) is 3. The monoisotopic (exact) mass is 373 g/mol. The first-order chi connectivity index (χ1) is 12.0. The van der Waals surface area contributed by atoms with Gasteiger partial charge in [-0.2, -0.15) is 18.2 Å². The van der Waals surface area contributed by atoms with E-state index in [2.05, 4.69) is 9.97 Å². The standard InChI is InChI=1S/C17H22F3N3O3/c1-16(2,3)26-15(24)23-11-4-5-12(23)10(8-11)9-25-14-21-7-6-13(22-14)17(18,19)20/h6-7,10-12H,4-5,8-9H2,1-3H3. The molecule has 0 N–H and O–H groups in total. The highest BCUT2D eigenvalue weighted by molar-refractivity contribution is 5.70. The molecule has 2 bridgehead atoms. The zero-order valence-electron chi connectivity index (χ0n) is 14.9.